The molecule has 1 rings (SSSR count). The summed E-state index contributed by atoms with van der Waals surface area (Å²) >= 11 is 0. The molecule has 0 spiro atoms. The first-order valence-corrected chi connectivity index (χ1v) is 8.18. The van der Waals surface area contributed by atoms with Gasteiger partial charge in [-0.1, -0.05) is 0 Å². The highest BCUT2D eigenvalue weighted by Crippen LogP contribution is 2.25. The molecule has 1 aliphatic heterocycles. The number of esters is 3. The van der Waals surface area contributed by atoms with Gasteiger partial charge in [-0.05, 0) is 5.16 Å². The lowest BCUT2D eigenvalue weighted by Gasteiger charge is -2.41. The van der Waals surface area contributed by atoms with E-state index < -0.39 is 60.7 Å². The second-order valence-electron chi connectivity index (χ2n) is 5.80. The van der Waals surface area contributed by atoms with Crippen molar-refractivity contribution in [2.45, 2.75) is 59.0 Å². The molecule has 1 N–H and O–H groups in total. The van der Waals surface area contributed by atoms with E-state index in [4.69, 9.17) is 18.9 Å². The van der Waals surface area contributed by atoms with Gasteiger partial charge in [0.25, 0.3) is 5.90 Å². The number of ether oxygens (including phenoxy) is 4. The predicted molar refractivity (Wildman–Crippen MR) is 89.4 cm³/mol. The Morgan fingerprint density at radius 2 is 1.46 bits per heavy atom. The minimum absolute atomic E-state index is 0.336. The lowest BCUT2D eigenvalue weighted by atomic mass is 9.96. The van der Waals surface area contributed by atoms with Crippen molar-refractivity contribution in [1.29, 1.82) is 0 Å². The van der Waals surface area contributed by atoms with Crippen LogP contribution in [0.25, 0.3) is 0 Å². The molecule has 1 fully saturated rings. The van der Waals surface area contributed by atoms with Gasteiger partial charge < -0.3 is 29.1 Å². The Labute approximate surface area is 160 Å². The molecule has 1 aliphatic rings. The quantitative estimate of drug-likeness (QED) is 0.258. The molecule has 1 saturated heterocycles. The summed E-state index contributed by atoms with van der Waals surface area (Å²) in [7, 11) is 0. The summed E-state index contributed by atoms with van der Waals surface area (Å²) in [5.74, 6) is -3.80. The van der Waals surface area contributed by atoms with E-state index in [-0.39, 0.29) is 5.90 Å². The Hall–Kier alpha value is -3.18. The third-order valence-electron chi connectivity index (χ3n) is 3.23. The van der Waals surface area contributed by atoms with Gasteiger partial charge in [0.05, 0.1) is 0 Å². The summed E-state index contributed by atoms with van der Waals surface area (Å²) in [6, 6.07) is -1.24. The standard InChI is InChI=1S/C16H22N2O10/c1-7(19)17-13-15(26-10(4)22)14(25-9(3)21)12(6-24-8(2)20)27-16(13)18-28-11(5)23/h12-15H,6H2,1-5H3,(H,17,19)/b18-16-. The van der Waals surface area contributed by atoms with Crippen molar-refractivity contribution in [1.82, 2.24) is 5.32 Å². The molecule has 0 aromatic rings. The summed E-state index contributed by atoms with van der Waals surface area (Å²) in [5.41, 5.74) is 0. The van der Waals surface area contributed by atoms with E-state index in [2.05, 4.69) is 15.3 Å². The Balaban J connectivity index is 3.37. The van der Waals surface area contributed by atoms with Crippen molar-refractivity contribution in [3.05, 3.63) is 0 Å². The largest absolute Gasteiger partial charge is 0.466 e. The van der Waals surface area contributed by atoms with Crippen molar-refractivity contribution in [2.24, 2.45) is 5.16 Å². The van der Waals surface area contributed by atoms with E-state index in [1.165, 1.54) is 6.92 Å². The maximum absolute atomic E-state index is 11.6. The van der Waals surface area contributed by atoms with Crippen LogP contribution < -0.4 is 5.32 Å². The van der Waals surface area contributed by atoms with Gasteiger partial charge >= 0.3 is 23.9 Å². The van der Waals surface area contributed by atoms with Crippen molar-refractivity contribution in [3.63, 3.8) is 0 Å². The monoisotopic (exact) mass is 402 g/mol. The average molecular weight is 402 g/mol. The zero-order valence-corrected chi connectivity index (χ0v) is 16.0. The number of amides is 1. The fraction of sp³-hybridized carbons (Fsp3) is 0.625. The van der Waals surface area contributed by atoms with E-state index in [0.29, 0.717) is 0 Å². The molecule has 1 amide bonds. The zero-order valence-electron chi connectivity index (χ0n) is 16.0. The highest BCUT2D eigenvalue weighted by molar-refractivity contribution is 5.89. The van der Waals surface area contributed by atoms with Crippen LogP contribution in [0.5, 0.6) is 0 Å². The van der Waals surface area contributed by atoms with Gasteiger partial charge in [-0.15, -0.1) is 0 Å². The molecule has 12 nitrogen and oxygen atoms in total. The van der Waals surface area contributed by atoms with Gasteiger partial charge in [0.15, 0.2) is 18.3 Å². The number of oxime groups is 1. The van der Waals surface area contributed by atoms with Crippen LogP contribution in [0, 0.1) is 0 Å². The molecule has 0 aliphatic carbocycles. The number of hydrogen-bond acceptors (Lipinski definition) is 11. The maximum atomic E-state index is 11.6. The Morgan fingerprint density at radius 1 is 0.893 bits per heavy atom. The molecular weight excluding hydrogens is 380 g/mol. The molecule has 0 aromatic carbocycles. The number of rotatable bonds is 6. The molecule has 156 valence electrons. The number of nitrogens with one attached hydrogen (secondary N) is 1. The van der Waals surface area contributed by atoms with Crippen LogP contribution in [0.2, 0.25) is 0 Å². The Morgan fingerprint density at radius 3 is 1.93 bits per heavy atom. The Kier molecular flexibility index (Phi) is 8.35. The van der Waals surface area contributed by atoms with Crippen LogP contribution in [0.4, 0.5) is 0 Å². The molecule has 0 aromatic heterocycles. The van der Waals surface area contributed by atoms with Crippen LogP contribution >= 0.6 is 0 Å². The lowest BCUT2D eigenvalue weighted by Crippen LogP contribution is -2.64. The summed E-state index contributed by atoms with van der Waals surface area (Å²) in [6.07, 6.45) is -3.71. The highest BCUT2D eigenvalue weighted by Gasteiger charge is 2.50. The third-order valence-corrected chi connectivity index (χ3v) is 3.23. The maximum Gasteiger partial charge on any atom is 0.332 e. The molecule has 12 heteroatoms. The first kappa shape index (κ1) is 22.9. The van der Waals surface area contributed by atoms with Gasteiger partial charge in [0.1, 0.15) is 12.6 Å². The van der Waals surface area contributed by atoms with Gasteiger partial charge in [0.2, 0.25) is 5.91 Å². The molecule has 1 heterocycles. The van der Waals surface area contributed by atoms with Crippen molar-refractivity contribution in [2.75, 3.05) is 6.61 Å². The molecule has 4 unspecified atom stereocenters. The van der Waals surface area contributed by atoms with Crippen molar-refractivity contribution < 1.29 is 47.8 Å². The molecule has 0 saturated carbocycles. The summed E-state index contributed by atoms with van der Waals surface area (Å²) in [4.78, 5) is 61.5. The zero-order chi connectivity index (χ0) is 21.4. The van der Waals surface area contributed by atoms with Crippen LogP contribution in [-0.2, 0) is 47.8 Å². The Bertz CT molecular complexity index is 674. The predicted octanol–water partition coefficient (Wildman–Crippen LogP) is -0.807. The number of carbonyl (C=O) groups is 5. The van der Waals surface area contributed by atoms with Gasteiger partial charge in [-0.3, -0.25) is 19.2 Å². The molecular formula is C16H22N2O10. The number of carbonyl (C=O) groups excluding carboxylic acids is 5. The first-order valence-electron chi connectivity index (χ1n) is 8.18. The van der Waals surface area contributed by atoms with Gasteiger partial charge in [-0.2, -0.15) is 0 Å². The summed E-state index contributed by atoms with van der Waals surface area (Å²) < 4.78 is 20.8. The first-order chi connectivity index (χ1) is 13.0. The molecule has 4 atom stereocenters. The van der Waals surface area contributed by atoms with E-state index >= 15 is 0 Å². The van der Waals surface area contributed by atoms with Crippen LogP contribution in [-0.4, -0.2) is 66.6 Å². The van der Waals surface area contributed by atoms with Crippen LogP contribution in [0.3, 0.4) is 0 Å². The van der Waals surface area contributed by atoms with Crippen molar-refractivity contribution >= 4 is 35.7 Å². The highest BCUT2D eigenvalue weighted by atomic mass is 16.7. The summed E-state index contributed by atoms with van der Waals surface area (Å²) in [5, 5.41) is 5.96. The summed E-state index contributed by atoms with van der Waals surface area (Å²) in [6.45, 7) is 5.25. The fourth-order valence-corrected chi connectivity index (χ4v) is 2.38. The topological polar surface area (TPSA) is 156 Å². The van der Waals surface area contributed by atoms with Gasteiger partial charge in [-0.25, -0.2) is 4.79 Å². The van der Waals surface area contributed by atoms with Crippen molar-refractivity contribution in [3.8, 4) is 0 Å². The number of hydrogen-bond donors (Lipinski definition) is 1. The molecule has 0 radical (unpaired) electrons. The molecule has 28 heavy (non-hydrogen) atoms. The van der Waals surface area contributed by atoms with E-state index in [0.717, 1.165) is 27.7 Å². The fourth-order valence-electron chi connectivity index (χ4n) is 2.38. The minimum Gasteiger partial charge on any atom is -0.466 e. The van der Waals surface area contributed by atoms with E-state index in [1.54, 1.807) is 0 Å². The number of nitrogens with zero attached hydrogens (tertiary/aromatic N) is 1. The molecule has 0 bridgehead atoms. The third kappa shape index (κ3) is 7.21. The smallest absolute Gasteiger partial charge is 0.332 e. The van der Waals surface area contributed by atoms with Gasteiger partial charge in [0, 0.05) is 34.6 Å². The lowest BCUT2D eigenvalue weighted by molar-refractivity contribution is -0.186. The van der Waals surface area contributed by atoms with Crippen LogP contribution in [0.15, 0.2) is 5.16 Å². The minimum atomic E-state index is -1.30. The van der Waals surface area contributed by atoms with Crippen LogP contribution in [0.1, 0.15) is 34.6 Å². The second kappa shape index (κ2) is 10.2. The van der Waals surface area contributed by atoms with E-state index in [9.17, 15) is 24.0 Å². The second-order valence-corrected chi connectivity index (χ2v) is 5.80. The van der Waals surface area contributed by atoms with E-state index in [1.807, 2.05) is 0 Å². The SMILES string of the molecule is CC(=O)NC1/C(=N/OC(C)=O)OC(COC(C)=O)C(OC(C)=O)C1OC(C)=O. The average Bonchev–Trinajstić information content (AvgIpc) is 2.54. The normalized spacial score (nSPS) is 25.1.